The molecule has 5 nitrogen and oxygen atoms in total. The van der Waals surface area contributed by atoms with Crippen molar-refractivity contribution in [1.29, 1.82) is 0 Å². The van der Waals surface area contributed by atoms with E-state index in [1.54, 1.807) is 12.1 Å². The van der Waals surface area contributed by atoms with Crippen molar-refractivity contribution in [2.45, 2.75) is 20.8 Å². The van der Waals surface area contributed by atoms with Crippen LogP contribution in [0.15, 0.2) is 41.5 Å². The summed E-state index contributed by atoms with van der Waals surface area (Å²) in [5.41, 5.74) is 5.43. The Hall–Kier alpha value is -2.17. The second-order valence-corrected chi connectivity index (χ2v) is 4.35. The molecule has 5 heteroatoms. The zero-order chi connectivity index (χ0) is 13.7. The Labute approximate surface area is 106 Å². The lowest BCUT2D eigenvalue weighted by molar-refractivity contribution is -0.384. The summed E-state index contributed by atoms with van der Waals surface area (Å²) in [6, 6.07) is 6.12. The maximum atomic E-state index is 10.5. The molecule has 1 rings (SSSR count). The molecule has 0 spiro atoms. The van der Waals surface area contributed by atoms with Crippen LogP contribution >= 0.6 is 0 Å². The van der Waals surface area contributed by atoms with Crippen LogP contribution in [0.3, 0.4) is 0 Å². The van der Waals surface area contributed by atoms with Crippen LogP contribution in [0.4, 0.5) is 11.4 Å². The molecule has 0 heterocycles. The zero-order valence-corrected chi connectivity index (χ0v) is 10.8. The van der Waals surface area contributed by atoms with Gasteiger partial charge in [-0.25, -0.2) is 0 Å². The molecular weight excluding hydrogens is 230 g/mol. The van der Waals surface area contributed by atoms with Crippen molar-refractivity contribution in [3.05, 3.63) is 46.5 Å². The van der Waals surface area contributed by atoms with Crippen molar-refractivity contribution in [3.63, 3.8) is 0 Å². The fourth-order valence-electron chi connectivity index (χ4n) is 1.50. The van der Waals surface area contributed by atoms with Crippen molar-refractivity contribution in [1.82, 2.24) is 0 Å². The molecule has 96 valence electrons. The van der Waals surface area contributed by atoms with E-state index in [0.717, 1.165) is 11.3 Å². The van der Waals surface area contributed by atoms with Crippen LogP contribution in [0.2, 0.25) is 0 Å². The van der Waals surface area contributed by atoms with E-state index in [-0.39, 0.29) is 11.6 Å². The lowest BCUT2D eigenvalue weighted by Crippen LogP contribution is -2.10. The van der Waals surface area contributed by atoms with Gasteiger partial charge in [0.15, 0.2) is 0 Å². The number of hydrogen-bond acceptors (Lipinski definition) is 4. The van der Waals surface area contributed by atoms with E-state index < -0.39 is 4.92 Å². The Morgan fingerprint density at radius 2 is 1.94 bits per heavy atom. The molecule has 0 atom stereocenters. The monoisotopic (exact) mass is 247 g/mol. The number of anilines is 1. The minimum atomic E-state index is -0.430. The molecule has 0 radical (unpaired) electrons. The van der Waals surface area contributed by atoms with Gasteiger partial charge in [0.25, 0.3) is 5.69 Å². The largest absolute Gasteiger partial charge is 0.278 e. The minimum absolute atomic E-state index is 0.0634. The molecule has 0 unspecified atom stereocenters. The fraction of sp³-hybridized carbons (Fsp3) is 0.308. The first-order valence-corrected chi connectivity index (χ1v) is 5.65. The van der Waals surface area contributed by atoms with Crippen LogP contribution in [0.1, 0.15) is 20.8 Å². The maximum absolute atomic E-state index is 10.5. The number of nitro benzene ring substituents is 1. The molecular formula is C13H17N3O2. The summed E-state index contributed by atoms with van der Waals surface area (Å²) in [5, 5.41) is 14.8. The van der Waals surface area contributed by atoms with Gasteiger partial charge in [0.2, 0.25) is 0 Å². The second-order valence-electron chi connectivity index (χ2n) is 4.35. The minimum Gasteiger partial charge on any atom is -0.278 e. The molecule has 0 saturated carbocycles. The SMILES string of the molecule is C=C(C)/C(=N\Nc1ccc([N+](=O)[O-])cc1)C(C)C. The summed E-state index contributed by atoms with van der Waals surface area (Å²) in [4.78, 5) is 10.1. The molecule has 0 aliphatic heterocycles. The highest BCUT2D eigenvalue weighted by atomic mass is 16.6. The van der Waals surface area contributed by atoms with E-state index >= 15 is 0 Å². The van der Waals surface area contributed by atoms with Gasteiger partial charge in [-0.1, -0.05) is 20.4 Å². The van der Waals surface area contributed by atoms with Gasteiger partial charge in [-0.05, 0) is 30.5 Å². The molecule has 0 saturated heterocycles. The van der Waals surface area contributed by atoms with Gasteiger partial charge in [0.1, 0.15) is 0 Å². The predicted molar refractivity (Wildman–Crippen MR) is 73.8 cm³/mol. The highest BCUT2D eigenvalue weighted by Crippen LogP contribution is 2.16. The molecule has 0 aromatic heterocycles. The third-order valence-electron chi connectivity index (χ3n) is 2.37. The van der Waals surface area contributed by atoms with Crippen LogP contribution in [-0.2, 0) is 0 Å². The average Bonchev–Trinajstić information content (AvgIpc) is 2.28. The number of non-ortho nitro benzene ring substituents is 1. The zero-order valence-electron chi connectivity index (χ0n) is 10.8. The Morgan fingerprint density at radius 3 is 2.33 bits per heavy atom. The standard InChI is InChI=1S/C13H17N3O2/c1-9(2)13(10(3)4)15-14-11-5-7-12(8-6-11)16(17)18/h5-8,10,14H,1H2,2-4H3/b15-13+. The van der Waals surface area contributed by atoms with Gasteiger partial charge < -0.3 is 0 Å². The Balaban J connectivity index is 2.82. The summed E-state index contributed by atoms with van der Waals surface area (Å²) >= 11 is 0. The van der Waals surface area contributed by atoms with Gasteiger partial charge >= 0.3 is 0 Å². The van der Waals surface area contributed by atoms with Gasteiger partial charge in [0.05, 0.1) is 16.3 Å². The van der Waals surface area contributed by atoms with Gasteiger partial charge in [0, 0.05) is 12.1 Å². The first-order valence-electron chi connectivity index (χ1n) is 5.65. The molecule has 1 aromatic carbocycles. The molecule has 1 aromatic rings. The van der Waals surface area contributed by atoms with Gasteiger partial charge in [-0.2, -0.15) is 5.10 Å². The normalized spacial score (nSPS) is 11.4. The van der Waals surface area contributed by atoms with Crippen molar-refractivity contribution in [2.75, 3.05) is 5.43 Å². The highest BCUT2D eigenvalue weighted by Gasteiger charge is 2.06. The lowest BCUT2D eigenvalue weighted by Gasteiger charge is -2.10. The Morgan fingerprint density at radius 1 is 1.39 bits per heavy atom. The third-order valence-corrected chi connectivity index (χ3v) is 2.37. The van der Waals surface area contributed by atoms with Crippen LogP contribution in [0.5, 0.6) is 0 Å². The molecule has 18 heavy (non-hydrogen) atoms. The van der Waals surface area contributed by atoms with E-state index in [1.165, 1.54) is 12.1 Å². The summed E-state index contributed by atoms with van der Waals surface area (Å²) in [6.45, 7) is 9.83. The Kier molecular flexibility index (Phi) is 4.59. The Bertz CT molecular complexity index is 476. The van der Waals surface area contributed by atoms with Crippen molar-refractivity contribution < 1.29 is 4.92 Å². The number of hydrogen-bond donors (Lipinski definition) is 1. The third kappa shape index (κ3) is 3.69. The smallest absolute Gasteiger partial charge is 0.269 e. The second kappa shape index (κ2) is 5.95. The van der Waals surface area contributed by atoms with E-state index in [0.29, 0.717) is 5.69 Å². The number of nitrogens with one attached hydrogen (secondary N) is 1. The lowest BCUT2D eigenvalue weighted by atomic mass is 10.0. The van der Waals surface area contributed by atoms with Crippen LogP contribution in [0.25, 0.3) is 0 Å². The van der Waals surface area contributed by atoms with Crippen LogP contribution < -0.4 is 5.43 Å². The average molecular weight is 247 g/mol. The van der Waals surface area contributed by atoms with E-state index in [4.69, 9.17) is 0 Å². The molecule has 0 amide bonds. The number of rotatable bonds is 5. The van der Waals surface area contributed by atoms with E-state index in [2.05, 4.69) is 17.1 Å². The van der Waals surface area contributed by atoms with Crippen molar-refractivity contribution in [2.24, 2.45) is 11.0 Å². The molecule has 1 N–H and O–H groups in total. The number of benzene rings is 1. The van der Waals surface area contributed by atoms with Gasteiger partial charge in [-0.15, -0.1) is 0 Å². The number of allylic oxidation sites excluding steroid dienone is 1. The maximum Gasteiger partial charge on any atom is 0.269 e. The first-order chi connectivity index (χ1) is 8.41. The number of hydrazone groups is 1. The van der Waals surface area contributed by atoms with Crippen molar-refractivity contribution >= 4 is 17.1 Å². The predicted octanol–water partition coefficient (Wildman–Crippen LogP) is 3.59. The van der Waals surface area contributed by atoms with Gasteiger partial charge in [-0.3, -0.25) is 15.5 Å². The number of nitrogens with zero attached hydrogens (tertiary/aromatic N) is 2. The molecule has 0 bridgehead atoms. The summed E-state index contributed by atoms with van der Waals surface area (Å²) in [5.74, 6) is 0.271. The van der Waals surface area contributed by atoms with Crippen molar-refractivity contribution in [3.8, 4) is 0 Å². The summed E-state index contributed by atoms with van der Waals surface area (Å²) < 4.78 is 0. The topological polar surface area (TPSA) is 67.5 Å². The number of nitro groups is 1. The first kappa shape index (κ1) is 13.9. The van der Waals surface area contributed by atoms with E-state index in [1.807, 2.05) is 20.8 Å². The summed E-state index contributed by atoms with van der Waals surface area (Å²) in [6.07, 6.45) is 0. The molecule has 0 aliphatic rings. The highest BCUT2D eigenvalue weighted by molar-refractivity contribution is 6.00. The molecule has 0 aliphatic carbocycles. The fourth-order valence-corrected chi connectivity index (χ4v) is 1.50. The quantitative estimate of drug-likeness (QED) is 0.491. The van der Waals surface area contributed by atoms with Crippen LogP contribution in [0, 0.1) is 16.0 Å². The van der Waals surface area contributed by atoms with E-state index in [9.17, 15) is 10.1 Å². The molecule has 0 fully saturated rings. The van der Waals surface area contributed by atoms with Crippen LogP contribution in [-0.4, -0.2) is 10.6 Å². The summed E-state index contributed by atoms with van der Waals surface area (Å²) in [7, 11) is 0.